The van der Waals surface area contributed by atoms with Gasteiger partial charge in [0, 0.05) is 57.4 Å². The molecule has 4 saturated heterocycles. The van der Waals surface area contributed by atoms with Crippen LogP contribution in [0.25, 0.3) is 0 Å². The molecule has 6 heterocycles. The van der Waals surface area contributed by atoms with Crippen LogP contribution in [0.5, 0.6) is 0 Å². The molecule has 0 spiro atoms. The highest BCUT2D eigenvalue weighted by molar-refractivity contribution is 5.49. The molecule has 2 aromatic rings. The van der Waals surface area contributed by atoms with E-state index in [1.54, 1.807) is 12.3 Å². The van der Waals surface area contributed by atoms with Crippen LogP contribution < -0.4 is 15.5 Å². The molecule has 2 aromatic heterocycles. The Morgan fingerprint density at radius 1 is 0.794 bits per heavy atom. The molecule has 0 bridgehead atoms. The van der Waals surface area contributed by atoms with Crippen LogP contribution in [0.3, 0.4) is 0 Å². The summed E-state index contributed by atoms with van der Waals surface area (Å²) in [6.07, 6.45) is 8.76. The van der Waals surface area contributed by atoms with Gasteiger partial charge in [0.2, 0.25) is 0 Å². The summed E-state index contributed by atoms with van der Waals surface area (Å²) >= 11 is 0. The number of nitro groups is 1. The maximum atomic E-state index is 10.6. The maximum Gasteiger partial charge on any atom is 0.363 e. The van der Waals surface area contributed by atoms with Gasteiger partial charge in [-0.2, -0.15) is 0 Å². The van der Waals surface area contributed by atoms with E-state index in [9.17, 15) is 10.1 Å². The molecule has 10 nitrogen and oxygen atoms in total. The molecule has 0 radical (unpaired) electrons. The Hall–Kier alpha value is -2.98. The first-order valence-corrected chi connectivity index (χ1v) is 12.4. The molecule has 0 amide bonds. The third-order valence-electron chi connectivity index (χ3n) is 7.60. The first-order chi connectivity index (χ1) is 16.6. The van der Waals surface area contributed by atoms with Crippen molar-refractivity contribution in [3.63, 3.8) is 0 Å². The monoisotopic (exact) mass is 466 g/mol. The SMILES string of the molecule is Nc1ccc(N2CCN3CCCC3C2)cn1.O=[N+]([O-])c1ccc(N2CCN3CCCC3C2)cn1. The number of piperazine rings is 2. The number of hydrogen-bond acceptors (Lipinski definition) is 9. The summed E-state index contributed by atoms with van der Waals surface area (Å²) < 4.78 is 0. The normalized spacial score (nSPS) is 24.8. The van der Waals surface area contributed by atoms with Gasteiger partial charge >= 0.3 is 5.82 Å². The van der Waals surface area contributed by atoms with Crippen LogP contribution in [0.2, 0.25) is 0 Å². The molecule has 6 rings (SSSR count). The highest BCUT2D eigenvalue weighted by Crippen LogP contribution is 2.26. The Bertz CT molecular complexity index is 970. The van der Waals surface area contributed by atoms with Crippen molar-refractivity contribution in [3.05, 3.63) is 46.8 Å². The van der Waals surface area contributed by atoms with Crippen molar-refractivity contribution >= 4 is 23.0 Å². The lowest BCUT2D eigenvalue weighted by Gasteiger charge is -2.38. The summed E-state index contributed by atoms with van der Waals surface area (Å²) in [6.45, 7) is 9.04. The highest BCUT2D eigenvalue weighted by Gasteiger charge is 2.31. The van der Waals surface area contributed by atoms with Crippen molar-refractivity contribution in [2.24, 2.45) is 0 Å². The number of nitrogen functional groups attached to an aromatic ring is 1. The molecular formula is C24H34N8O2. The van der Waals surface area contributed by atoms with Crippen LogP contribution in [0.15, 0.2) is 36.7 Å². The van der Waals surface area contributed by atoms with Gasteiger partial charge in [-0.25, -0.2) is 4.98 Å². The summed E-state index contributed by atoms with van der Waals surface area (Å²) in [4.78, 5) is 28.0. The molecule has 4 fully saturated rings. The van der Waals surface area contributed by atoms with E-state index in [0.717, 1.165) is 44.5 Å². The van der Waals surface area contributed by atoms with E-state index in [2.05, 4.69) is 35.6 Å². The quantitative estimate of drug-likeness (QED) is 0.538. The van der Waals surface area contributed by atoms with Gasteiger partial charge in [-0.05, 0) is 66.9 Å². The molecule has 0 saturated carbocycles. The first-order valence-electron chi connectivity index (χ1n) is 12.4. The van der Waals surface area contributed by atoms with Gasteiger partial charge in [-0.1, -0.05) is 0 Å². The number of nitrogens with two attached hydrogens (primary N) is 1. The van der Waals surface area contributed by atoms with Crippen LogP contribution in [0, 0.1) is 10.1 Å². The summed E-state index contributed by atoms with van der Waals surface area (Å²) in [6, 6.07) is 8.65. The minimum atomic E-state index is -0.460. The minimum absolute atomic E-state index is 0.0850. The van der Waals surface area contributed by atoms with Crippen molar-refractivity contribution in [1.29, 1.82) is 0 Å². The van der Waals surface area contributed by atoms with Gasteiger partial charge in [0.1, 0.15) is 5.82 Å². The largest absolute Gasteiger partial charge is 0.384 e. The predicted molar refractivity (Wildman–Crippen MR) is 133 cm³/mol. The third kappa shape index (κ3) is 5.07. The van der Waals surface area contributed by atoms with Gasteiger partial charge in [-0.3, -0.25) is 9.80 Å². The number of fused-ring (bicyclic) bond motifs is 2. The lowest BCUT2D eigenvalue weighted by Crippen LogP contribution is -2.50. The van der Waals surface area contributed by atoms with Crippen LogP contribution in [-0.4, -0.2) is 89.1 Å². The summed E-state index contributed by atoms with van der Waals surface area (Å²) in [5.41, 5.74) is 7.81. The lowest BCUT2D eigenvalue weighted by molar-refractivity contribution is -0.389. The Balaban J connectivity index is 0.000000142. The van der Waals surface area contributed by atoms with Gasteiger partial charge in [0.15, 0.2) is 6.20 Å². The lowest BCUT2D eigenvalue weighted by atomic mass is 10.1. The fourth-order valence-corrected chi connectivity index (χ4v) is 5.71. The zero-order valence-electron chi connectivity index (χ0n) is 19.6. The zero-order chi connectivity index (χ0) is 23.5. The number of rotatable bonds is 3. The summed E-state index contributed by atoms with van der Waals surface area (Å²) in [5, 5.41) is 10.6. The van der Waals surface area contributed by atoms with E-state index in [-0.39, 0.29) is 5.82 Å². The average Bonchev–Trinajstić information content (AvgIpc) is 3.53. The number of aromatic nitrogens is 2. The van der Waals surface area contributed by atoms with E-state index >= 15 is 0 Å². The second-order valence-corrected chi connectivity index (χ2v) is 9.63. The molecule has 4 aliphatic heterocycles. The molecule has 2 atom stereocenters. The Labute approximate surface area is 200 Å². The zero-order valence-corrected chi connectivity index (χ0v) is 19.6. The van der Waals surface area contributed by atoms with Crippen molar-refractivity contribution < 1.29 is 4.92 Å². The second kappa shape index (κ2) is 10.1. The van der Waals surface area contributed by atoms with Gasteiger partial charge in [0.05, 0.1) is 17.6 Å². The molecule has 34 heavy (non-hydrogen) atoms. The summed E-state index contributed by atoms with van der Waals surface area (Å²) in [5.74, 6) is 0.515. The van der Waals surface area contributed by atoms with Gasteiger partial charge < -0.3 is 25.6 Å². The molecule has 10 heteroatoms. The molecule has 2 unspecified atom stereocenters. The average molecular weight is 467 g/mol. The van der Waals surface area contributed by atoms with Crippen LogP contribution in [0.4, 0.5) is 23.0 Å². The molecular weight excluding hydrogens is 432 g/mol. The van der Waals surface area contributed by atoms with Crippen molar-refractivity contribution in [3.8, 4) is 0 Å². The molecule has 2 N–H and O–H groups in total. The van der Waals surface area contributed by atoms with Crippen molar-refractivity contribution in [2.45, 2.75) is 37.8 Å². The Morgan fingerprint density at radius 3 is 1.82 bits per heavy atom. The molecule has 0 aromatic carbocycles. The van der Waals surface area contributed by atoms with E-state index in [1.807, 2.05) is 12.3 Å². The van der Waals surface area contributed by atoms with Gasteiger partial charge in [-0.15, -0.1) is 0 Å². The number of hydrogen-bond donors (Lipinski definition) is 1. The topological polar surface area (TPSA) is 108 Å². The molecule has 182 valence electrons. The van der Waals surface area contributed by atoms with Crippen LogP contribution >= 0.6 is 0 Å². The van der Waals surface area contributed by atoms with E-state index in [4.69, 9.17) is 5.73 Å². The standard InChI is InChI=1S/C12H16N4O2.C12H18N4/c17-16(18)12-4-3-10(8-13-12)15-7-6-14-5-1-2-11(14)9-15;13-12-4-3-10(8-14-12)16-7-6-15-5-1-2-11(15)9-16/h3-4,8,11H,1-2,5-7,9H2;3-4,8,11H,1-2,5-7,9H2,(H2,13,14). The molecule has 0 aliphatic carbocycles. The Morgan fingerprint density at radius 2 is 1.35 bits per heavy atom. The fourth-order valence-electron chi connectivity index (χ4n) is 5.71. The number of pyridine rings is 2. The smallest absolute Gasteiger partial charge is 0.363 e. The minimum Gasteiger partial charge on any atom is -0.384 e. The highest BCUT2D eigenvalue weighted by atomic mass is 16.6. The van der Waals surface area contributed by atoms with Crippen molar-refractivity contribution in [1.82, 2.24) is 19.8 Å². The fraction of sp³-hybridized carbons (Fsp3) is 0.583. The van der Waals surface area contributed by atoms with Crippen LogP contribution in [0.1, 0.15) is 25.7 Å². The maximum absolute atomic E-state index is 10.6. The van der Waals surface area contributed by atoms with E-state index in [1.165, 1.54) is 57.1 Å². The molecule has 4 aliphatic rings. The van der Waals surface area contributed by atoms with Crippen molar-refractivity contribution in [2.75, 3.05) is 67.9 Å². The third-order valence-corrected chi connectivity index (χ3v) is 7.60. The van der Waals surface area contributed by atoms with E-state index in [0.29, 0.717) is 11.9 Å². The Kier molecular flexibility index (Phi) is 6.77. The van der Waals surface area contributed by atoms with Crippen LogP contribution in [-0.2, 0) is 0 Å². The second-order valence-electron chi connectivity index (χ2n) is 9.63. The number of nitrogens with zero attached hydrogens (tertiary/aromatic N) is 7. The van der Waals surface area contributed by atoms with Gasteiger partial charge in [0.25, 0.3) is 0 Å². The van der Waals surface area contributed by atoms with E-state index < -0.39 is 4.92 Å². The number of anilines is 3. The first kappa shape index (κ1) is 22.8. The summed E-state index contributed by atoms with van der Waals surface area (Å²) in [7, 11) is 0. The predicted octanol–water partition coefficient (Wildman–Crippen LogP) is 2.22.